The highest BCUT2D eigenvalue weighted by Crippen LogP contribution is 2.33. The summed E-state index contributed by atoms with van der Waals surface area (Å²) in [5, 5.41) is 0. The van der Waals surface area contributed by atoms with E-state index >= 15 is 0 Å². The molecule has 0 spiro atoms. The van der Waals surface area contributed by atoms with Gasteiger partial charge in [-0.05, 0) is 37.5 Å². The van der Waals surface area contributed by atoms with Crippen LogP contribution in [0.2, 0.25) is 0 Å². The Kier molecular flexibility index (Phi) is 5.86. The normalized spacial score (nSPS) is 24.9. The van der Waals surface area contributed by atoms with Crippen molar-refractivity contribution in [3.63, 3.8) is 0 Å². The molecule has 0 radical (unpaired) electrons. The molecule has 3 aliphatic rings. The third kappa shape index (κ3) is 4.23. The van der Waals surface area contributed by atoms with Crippen molar-refractivity contribution in [1.82, 2.24) is 4.90 Å². The van der Waals surface area contributed by atoms with Crippen LogP contribution in [0.15, 0.2) is 18.2 Å². The van der Waals surface area contributed by atoms with E-state index in [0.29, 0.717) is 25.3 Å². The van der Waals surface area contributed by atoms with Crippen LogP contribution in [-0.4, -0.2) is 43.3 Å². The van der Waals surface area contributed by atoms with Crippen molar-refractivity contribution in [1.29, 1.82) is 0 Å². The lowest BCUT2D eigenvalue weighted by atomic mass is 9.88. The number of ether oxygens (including phenoxy) is 2. The number of hydrogen-bond acceptors (Lipinski definition) is 3. The molecule has 5 heteroatoms. The second-order valence-electron chi connectivity index (χ2n) is 8.34. The van der Waals surface area contributed by atoms with Gasteiger partial charge in [-0.25, -0.2) is 0 Å². The number of nitrogens with one attached hydrogen (secondary N) is 1. The Morgan fingerprint density at radius 1 is 1.11 bits per heavy atom. The number of carbonyl (C=O) groups excluding carboxylic acids is 1. The minimum atomic E-state index is 0.222. The van der Waals surface area contributed by atoms with Crippen LogP contribution in [-0.2, 0) is 11.3 Å². The predicted molar refractivity (Wildman–Crippen MR) is 104 cm³/mol. The van der Waals surface area contributed by atoms with Crippen molar-refractivity contribution >= 4 is 5.91 Å². The van der Waals surface area contributed by atoms with E-state index in [4.69, 9.17) is 9.47 Å². The molecule has 2 fully saturated rings. The van der Waals surface area contributed by atoms with E-state index < -0.39 is 0 Å². The van der Waals surface area contributed by atoms with Crippen LogP contribution in [0.3, 0.4) is 0 Å². The highest BCUT2D eigenvalue weighted by Gasteiger charge is 2.33. The fraction of sp³-hybridized carbons (Fsp3) is 0.682. The molecule has 0 bridgehead atoms. The van der Waals surface area contributed by atoms with Crippen LogP contribution in [0.25, 0.3) is 0 Å². The van der Waals surface area contributed by atoms with Crippen LogP contribution in [0, 0.1) is 5.92 Å². The van der Waals surface area contributed by atoms with Gasteiger partial charge in [-0.1, -0.05) is 25.3 Å². The fourth-order valence-corrected chi connectivity index (χ4v) is 5.04. The maximum absolute atomic E-state index is 13.4. The zero-order chi connectivity index (χ0) is 18.6. The third-order valence-corrected chi connectivity index (χ3v) is 6.60. The van der Waals surface area contributed by atoms with Crippen LogP contribution in [0.5, 0.6) is 11.5 Å². The zero-order valence-electron chi connectivity index (χ0n) is 16.5. The number of hydrogen-bond donors (Lipinski definition) is 1. The summed E-state index contributed by atoms with van der Waals surface area (Å²) in [7, 11) is 0. The third-order valence-electron chi connectivity index (χ3n) is 6.60. The summed E-state index contributed by atoms with van der Waals surface area (Å²) in [6.07, 6.45) is 8.31. The molecule has 2 atom stereocenters. The average molecular weight is 374 g/mol. The molecule has 2 heterocycles. The van der Waals surface area contributed by atoms with Crippen molar-refractivity contribution < 1.29 is 19.2 Å². The number of nitrogens with zero attached hydrogens (tertiary/aromatic N) is 1. The number of rotatable bonds is 6. The summed E-state index contributed by atoms with van der Waals surface area (Å²) in [5.41, 5.74) is 1.14. The summed E-state index contributed by atoms with van der Waals surface area (Å²) < 4.78 is 11.0. The van der Waals surface area contributed by atoms with E-state index in [-0.39, 0.29) is 5.92 Å². The first-order valence-electron chi connectivity index (χ1n) is 10.8. The average Bonchev–Trinajstić information content (AvgIpc) is 3.36. The number of fused-ring (bicyclic) bond motifs is 1. The Bertz CT molecular complexity index is 657. The van der Waals surface area contributed by atoms with Gasteiger partial charge in [0.2, 0.25) is 12.7 Å². The Morgan fingerprint density at radius 2 is 1.93 bits per heavy atom. The van der Waals surface area contributed by atoms with Gasteiger partial charge in [0.05, 0.1) is 19.6 Å². The van der Waals surface area contributed by atoms with Gasteiger partial charge in [-0.15, -0.1) is 0 Å². The quantitative estimate of drug-likeness (QED) is 0.833. The van der Waals surface area contributed by atoms with E-state index in [1.807, 2.05) is 12.1 Å². The van der Waals surface area contributed by atoms with Crippen LogP contribution in [0.1, 0.15) is 57.4 Å². The smallest absolute Gasteiger partial charge is 0.231 e. The molecule has 1 aliphatic carbocycles. The number of likely N-dealkylation sites (N-methyl/N-ethyl adjacent to an activating group) is 1. The van der Waals surface area contributed by atoms with Crippen molar-refractivity contribution in [2.45, 2.75) is 64.5 Å². The first-order chi connectivity index (χ1) is 13.2. The van der Waals surface area contributed by atoms with Gasteiger partial charge in [-0.3, -0.25) is 4.79 Å². The highest BCUT2D eigenvalue weighted by atomic mass is 16.7. The minimum Gasteiger partial charge on any atom is -0.454 e. The van der Waals surface area contributed by atoms with Crippen LogP contribution < -0.4 is 14.4 Å². The lowest BCUT2D eigenvalue weighted by Crippen LogP contribution is -3.14. The SMILES string of the molecule is CC[NH+]1CCC[C@@H]1CN(Cc1ccc2c(c1)OCO2)C(=O)C1CCCCC1. The molecule has 0 aromatic heterocycles. The predicted octanol–water partition coefficient (Wildman–Crippen LogP) is 2.39. The van der Waals surface area contributed by atoms with Crippen molar-refractivity contribution in [3.05, 3.63) is 23.8 Å². The van der Waals surface area contributed by atoms with Gasteiger partial charge in [-0.2, -0.15) is 0 Å². The Balaban J connectivity index is 1.50. The molecule has 1 aromatic carbocycles. The summed E-state index contributed by atoms with van der Waals surface area (Å²) in [4.78, 5) is 17.2. The molecule has 1 saturated heterocycles. The number of carbonyl (C=O) groups is 1. The minimum absolute atomic E-state index is 0.222. The monoisotopic (exact) mass is 373 g/mol. The van der Waals surface area contributed by atoms with Gasteiger partial charge < -0.3 is 19.3 Å². The second-order valence-corrected chi connectivity index (χ2v) is 8.34. The molecule has 1 aromatic rings. The largest absolute Gasteiger partial charge is 0.454 e. The second kappa shape index (κ2) is 8.51. The van der Waals surface area contributed by atoms with Crippen LogP contribution in [0.4, 0.5) is 0 Å². The summed E-state index contributed by atoms with van der Waals surface area (Å²) in [6.45, 7) is 6.52. The van der Waals surface area contributed by atoms with Crippen LogP contribution >= 0.6 is 0 Å². The molecule has 1 N–H and O–H groups in total. The molecule has 27 heavy (non-hydrogen) atoms. The van der Waals surface area contributed by atoms with E-state index in [1.165, 1.54) is 38.6 Å². The van der Waals surface area contributed by atoms with Gasteiger partial charge in [0.25, 0.3) is 0 Å². The summed E-state index contributed by atoms with van der Waals surface area (Å²) in [5.74, 6) is 2.20. The van der Waals surface area contributed by atoms with Gasteiger partial charge in [0, 0.05) is 25.3 Å². The number of quaternary nitrogens is 1. The molecule has 1 saturated carbocycles. The van der Waals surface area contributed by atoms with Crippen molar-refractivity contribution in [2.24, 2.45) is 5.92 Å². The maximum atomic E-state index is 13.4. The standard InChI is InChI=1S/C22H32N2O3/c1-2-23-12-6-9-19(23)15-24(22(25)18-7-4-3-5-8-18)14-17-10-11-20-21(13-17)27-16-26-20/h10-11,13,18-19H,2-9,12,14-16H2,1H3/p+1/t19-/m1/s1. The van der Waals surface area contributed by atoms with Gasteiger partial charge >= 0.3 is 0 Å². The molecule has 1 amide bonds. The summed E-state index contributed by atoms with van der Waals surface area (Å²) in [6, 6.07) is 6.67. The Morgan fingerprint density at radius 3 is 2.74 bits per heavy atom. The van der Waals surface area contributed by atoms with E-state index in [9.17, 15) is 4.79 Å². The van der Waals surface area contributed by atoms with E-state index in [0.717, 1.165) is 43.0 Å². The fourth-order valence-electron chi connectivity index (χ4n) is 5.04. The summed E-state index contributed by atoms with van der Waals surface area (Å²) >= 11 is 0. The molecule has 2 aliphatic heterocycles. The first kappa shape index (κ1) is 18.6. The van der Waals surface area contributed by atoms with E-state index in [1.54, 1.807) is 4.90 Å². The number of benzene rings is 1. The first-order valence-corrected chi connectivity index (χ1v) is 10.8. The number of likely N-dealkylation sites (tertiary alicyclic amines) is 1. The lowest BCUT2D eigenvalue weighted by molar-refractivity contribution is -0.909. The van der Waals surface area contributed by atoms with Gasteiger partial charge in [0.15, 0.2) is 11.5 Å². The molecule has 4 rings (SSSR count). The maximum Gasteiger partial charge on any atom is 0.231 e. The zero-order valence-corrected chi connectivity index (χ0v) is 16.5. The van der Waals surface area contributed by atoms with Crippen molar-refractivity contribution in [2.75, 3.05) is 26.4 Å². The molecule has 5 nitrogen and oxygen atoms in total. The Hall–Kier alpha value is -1.75. The molecule has 1 unspecified atom stereocenters. The topological polar surface area (TPSA) is 43.2 Å². The Labute approximate surface area is 162 Å². The molecular weight excluding hydrogens is 340 g/mol. The van der Waals surface area contributed by atoms with Gasteiger partial charge in [0.1, 0.15) is 6.04 Å². The van der Waals surface area contributed by atoms with E-state index in [2.05, 4.69) is 17.9 Å². The number of amides is 1. The molecule has 148 valence electrons. The molecular formula is C22H33N2O3+. The lowest BCUT2D eigenvalue weighted by Gasteiger charge is -2.32. The highest BCUT2D eigenvalue weighted by molar-refractivity contribution is 5.79. The van der Waals surface area contributed by atoms with Crippen molar-refractivity contribution in [3.8, 4) is 11.5 Å².